The summed E-state index contributed by atoms with van der Waals surface area (Å²) in [7, 11) is 0. The number of para-hydroxylation sites is 2. The van der Waals surface area contributed by atoms with Gasteiger partial charge in [0.25, 0.3) is 23.6 Å². The number of nitrogens with zero attached hydrogens (tertiary/aromatic N) is 4. The van der Waals surface area contributed by atoms with Gasteiger partial charge in [0.2, 0.25) is 12.1 Å². The van der Waals surface area contributed by atoms with Crippen LogP contribution in [0.1, 0.15) is 34.6 Å². The molecule has 5 rings (SSSR count). The molecule has 0 saturated carbocycles. The molecule has 2 atom stereocenters. The first kappa shape index (κ1) is 47.9. The summed E-state index contributed by atoms with van der Waals surface area (Å²) >= 11 is 50.1. The first-order valence-corrected chi connectivity index (χ1v) is 20.4. The second-order valence-electron chi connectivity index (χ2n) is 12.7. The van der Waals surface area contributed by atoms with Crippen LogP contribution < -0.4 is 21.3 Å². The largest absolute Gasteiger partial charge is 0.322 e. The van der Waals surface area contributed by atoms with E-state index in [9.17, 15) is 28.8 Å². The molecule has 0 heterocycles. The van der Waals surface area contributed by atoms with Crippen molar-refractivity contribution in [3.63, 3.8) is 0 Å². The topological polar surface area (TPSA) is 200 Å². The van der Waals surface area contributed by atoms with E-state index in [2.05, 4.69) is 41.7 Å². The van der Waals surface area contributed by atoms with Gasteiger partial charge in [0.1, 0.15) is 0 Å². The third kappa shape index (κ3) is 11.8. The number of carbonyl (C=O) groups excluding carboxylic acids is 6. The van der Waals surface area contributed by atoms with Crippen LogP contribution in [0.4, 0.5) is 34.1 Å². The summed E-state index contributed by atoms with van der Waals surface area (Å²) in [6.45, 7) is 2.21. The molecule has 0 radical (unpaired) electrons. The van der Waals surface area contributed by atoms with Gasteiger partial charge in [0.05, 0.1) is 85.4 Å². The number of benzene rings is 5. The van der Waals surface area contributed by atoms with Crippen molar-refractivity contribution in [2.75, 3.05) is 21.3 Å². The van der Waals surface area contributed by atoms with Crippen molar-refractivity contribution in [2.24, 2.45) is 20.5 Å². The molecule has 0 spiro atoms. The van der Waals surface area contributed by atoms with Gasteiger partial charge in [-0.25, -0.2) is 0 Å². The summed E-state index contributed by atoms with van der Waals surface area (Å²) < 4.78 is 0. The molecule has 318 valence electrons. The Balaban J connectivity index is 1.27. The Kier molecular flexibility index (Phi) is 16.4. The predicted molar refractivity (Wildman–Crippen MR) is 243 cm³/mol. The van der Waals surface area contributed by atoms with E-state index < -0.39 is 47.3 Å². The number of amides is 4. The van der Waals surface area contributed by atoms with Gasteiger partial charge in [-0.05, 0) is 86.6 Å². The molecule has 14 nitrogen and oxygen atoms in total. The standard InChI is InChI=1S/C40H26Cl8N8O6/c1-17(57)33(55-53-19-9-11-23(41)21(15-19)37(59)51-35-25(43)5-3-6-26(35)44)39(61)49-29-13-14-30(32(48)31(29)47)50-40(62)34(18(2)58)56-54-20-10-12-24(42)22(16-20)38(60)52-36-27(45)7-4-8-28(36)46/h3-16,33-34H,1-2H3,(H,49,61)(H,50,62)(H,51,59)(H,52,60). The van der Waals surface area contributed by atoms with E-state index in [1.165, 1.54) is 72.8 Å². The molecular formula is C40H26Cl8N8O6. The normalized spacial score (nSPS) is 12.2. The third-order valence-corrected chi connectivity index (χ3v) is 11.0. The van der Waals surface area contributed by atoms with E-state index >= 15 is 0 Å². The molecule has 0 saturated heterocycles. The Hall–Kier alpha value is -5.16. The lowest BCUT2D eigenvalue weighted by molar-refractivity contribution is -0.127. The van der Waals surface area contributed by atoms with Crippen molar-refractivity contribution in [3.05, 3.63) is 136 Å². The molecule has 5 aromatic rings. The summed E-state index contributed by atoms with van der Waals surface area (Å²) in [4.78, 5) is 77.7. The van der Waals surface area contributed by atoms with E-state index in [0.717, 1.165) is 13.8 Å². The van der Waals surface area contributed by atoms with Crippen LogP contribution in [0.25, 0.3) is 0 Å². The Morgan fingerprint density at radius 2 is 0.790 bits per heavy atom. The fraction of sp³-hybridized carbons (Fsp3) is 0.100. The minimum atomic E-state index is -1.69. The maximum absolute atomic E-state index is 13.3. The highest BCUT2D eigenvalue weighted by atomic mass is 35.5. The minimum absolute atomic E-state index is 0.0345. The summed E-state index contributed by atoms with van der Waals surface area (Å²) in [5.41, 5.74) is 0.221. The molecule has 0 aromatic heterocycles. The zero-order valence-corrected chi connectivity index (χ0v) is 37.5. The number of ketones is 2. The van der Waals surface area contributed by atoms with Gasteiger partial charge in [0.15, 0.2) is 11.6 Å². The van der Waals surface area contributed by atoms with Crippen LogP contribution in [-0.4, -0.2) is 47.3 Å². The van der Waals surface area contributed by atoms with Crippen molar-refractivity contribution in [2.45, 2.75) is 25.9 Å². The molecule has 4 N–H and O–H groups in total. The lowest BCUT2D eigenvalue weighted by Gasteiger charge is -2.15. The Bertz CT molecular complexity index is 2490. The zero-order valence-electron chi connectivity index (χ0n) is 31.5. The van der Waals surface area contributed by atoms with Crippen molar-refractivity contribution in [3.8, 4) is 0 Å². The quantitative estimate of drug-likeness (QED) is 0.0630. The smallest absolute Gasteiger partial charge is 0.258 e. The summed E-state index contributed by atoms with van der Waals surface area (Å²) in [6, 6.07) is 16.6. The lowest BCUT2D eigenvalue weighted by atomic mass is 10.1. The van der Waals surface area contributed by atoms with Crippen LogP contribution in [0.5, 0.6) is 0 Å². The molecule has 5 aromatic carbocycles. The second-order valence-corrected chi connectivity index (χ2v) is 15.9. The van der Waals surface area contributed by atoms with Gasteiger partial charge in [-0.1, -0.05) is 105 Å². The number of Topliss-reactive ketones (excluding diaryl/α,β-unsaturated/α-hetero) is 2. The fourth-order valence-electron chi connectivity index (χ4n) is 5.13. The van der Waals surface area contributed by atoms with Crippen LogP contribution >= 0.6 is 92.8 Å². The first-order chi connectivity index (χ1) is 29.4. The van der Waals surface area contributed by atoms with E-state index in [1.54, 1.807) is 12.1 Å². The summed E-state index contributed by atoms with van der Waals surface area (Å²) in [5.74, 6) is -4.67. The van der Waals surface area contributed by atoms with Crippen molar-refractivity contribution in [1.29, 1.82) is 0 Å². The van der Waals surface area contributed by atoms with Crippen molar-refractivity contribution in [1.82, 2.24) is 0 Å². The van der Waals surface area contributed by atoms with Crippen LogP contribution in [0.15, 0.2) is 105 Å². The average Bonchev–Trinajstić information content (AvgIpc) is 3.21. The summed E-state index contributed by atoms with van der Waals surface area (Å²) in [5, 5.41) is 26.1. The second kappa shape index (κ2) is 21.3. The van der Waals surface area contributed by atoms with Gasteiger partial charge in [-0.3, -0.25) is 28.8 Å². The van der Waals surface area contributed by atoms with E-state index in [4.69, 9.17) is 92.8 Å². The summed E-state index contributed by atoms with van der Waals surface area (Å²) in [6.07, 6.45) is 0. The number of carbonyl (C=O) groups is 6. The Morgan fingerprint density at radius 1 is 0.452 bits per heavy atom. The number of nitrogens with one attached hydrogen (secondary N) is 4. The average molecular weight is 998 g/mol. The SMILES string of the molecule is CC(=O)C(N=Nc1ccc(Cl)c(C(=O)Nc2c(Cl)cccc2Cl)c1)C(=O)Nc1ccc(NC(=O)C(N=Nc2ccc(Cl)c(C(=O)Nc3c(Cl)cccc3Cl)c2)C(C)=O)c(Cl)c1Cl. The van der Waals surface area contributed by atoms with Gasteiger partial charge in [-0.15, -0.1) is 0 Å². The van der Waals surface area contributed by atoms with E-state index in [0.29, 0.717) is 0 Å². The van der Waals surface area contributed by atoms with E-state index in [-0.39, 0.29) is 85.4 Å². The van der Waals surface area contributed by atoms with Crippen LogP contribution in [-0.2, 0) is 19.2 Å². The zero-order chi connectivity index (χ0) is 45.4. The number of hydrogen-bond donors (Lipinski definition) is 4. The highest BCUT2D eigenvalue weighted by molar-refractivity contribution is 6.46. The van der Waals surface area contributed by atoms with E-state index in [1.807, 2.05) is 0 Å². The van der Waals surface area contributed by atoms with Crippen LogP contribution in [0.3, 0.4) is 0 Å². The highest BCUT2D eigenvalue weighted by Gasteiger charge is 2.27. The maximum atomic E-state index is 13.3. The van der Waals surface area contributed by atoms with Crippen molar-refractivity contribution < 1.29 is 28.8 Å². The third-order valence-electron chi connectivity index (χ3n) is 8.23. The number of halogens is 8. The molecule has 0 aliphatic carbocycles. The number of anilines is 4. The molecule has 2 unspecified atom stereocenters. The molecule has 0 bridgehead atoms. The molecule has 0 aliphatic heterocycles. The minimum Gasteiger partial charge on any atom is -0.322 e. The molecule has 0 fully saturated rings. The number of azo groups is 2. The maximum Gasteiger partial charge on any atom is 0.258 e. The van der Waals surface area contributed by atoms with Crippen LogP contribution in [0.2, 0.25) is 40.2 Å². The van der Waals surface area contributed by atoms with Crippen molar-refractivity contribution >= 4 is 162 Å². The molecule has 4 amide bonds. The van der Waals surface area contributed by atoms with Gasteiger partial charge < -0.3 is 21.3 Å². The van der Waals surface area contributed by atoms with Gasteiger partial charge >= 0.3 is 0 Å². The molecular weight excluding hydrogens is 972 g/mol. The molecule has 62 heavy (non-hydrogen) atoms. The molecule has 22 heteroatoms. The Morgan fingerprint density at radius 3 is 1.11 bits per heavy atom. The van der Waals surface area contributed by atoms with Gasteiger partial charge in [-0.2, -0.15) is 20.5 Å². The highest BCUT2D eigenvalue weighted by Crippen LogP contribution is 2.37. The first-order valence-electron chi connectivity index (χ1n) is 17.4. The predicted octanol–water partition coefficient (Wildman–Crippen LogP) is 12.8. The van der Waals surface area contributed by atoms with Crippen LogP contribution in [0, 0.1) is 0 Å². The Labute approximate surface area is 392 Å². The lowest BCUT2D eigenvalue weighted by Crippen LogP contribution is -2.32. The fourth-order valence-corrected chi connectivity index (χ4v) is 6.94. The number of rotatable bonds is 14. The molecule has 0 aliphatic rings. The number of hydrogen-bond acceptors (Lipinski definition) is 10. The monoisotopic (exact) mass is 994 g/mol. The van der Waals surface area contributed by atoms with Gasteiger partial charge in [0, 0.05) is 0 Å².